The molecule has 1 N–H and O–H groups in total. The van der Waals surface area contributed by atoms with Crippen LogP contribution in [0.3, 0.4) is 0 Å². The molecule has 2 aromatic carbocycles. The molecule has 2 heterocycles. The molecular formula is C30H41N3O4. The van der Waals surface area contributed by atoms with Gasteiger partial charge in [-0.25, -0.2) is 4.68 Å². The highest BCUT2D eigenvalue weighted by atomic mass is 16.5. The van der Waals surface area contributed by atoms with Gasteiger partial charge in [0, 0.05) is 32.8 Å². The van der Waals surface area contributed by atoms with E-state index in [-0.39, 0.29) is 6.10 Å². The summed E-state index contributed by atoms with van der Waals surface area (Å²) in [5.74, 6) is 1.90. The van der Waals surface area contributed by atoms with Gasteiger partial charge in [-0.3, -0.25) is 4.90 Å². The maximum absolute atomic E-state index is 10.8. The van der Waals surface area contributed by atoms with E-state index in [2.05, 4.69) is 25.7 Å². The highest BCUT2D eigenvalue weighted by Crippen LogP contribution is 2.32. The molecule has 200 valence electrons. The third-order valence-electron chi connectivity index (χ3n) is 6.41. The minimum atomic E-state index is -0.590. The highest BCUT2D eigenvalue weighted by Gasteiger charge is 2.26. The smallest absolute Gasteiger partial charge is 0.227 e. The number of aryl methyl sites for hydroxylation is 1. The molecule has 7 nitrogen and oxygen atoms in total. The molecule has 0 spiro atoms. The molecule has 1 aliphatic rings. The molecule has 1 aromatic heterocycles. The van der Waals surface area contributed by atoms with Crippen molar-refractivity contribution in [2.24, 2.45) is 5.92 Å². The van der Waals surface area contributed by atoms with Gasteiger partial charge in [0.2, 0.25) is 5.88 Å². The summed E-state index contributed by atoms with van der Waals surface area (Å²) >= 11 is 0. The Hall–Kier alpha value is -2.71. The Labute approximate surface area is 221 Å². The topological polar surface area (TPSA) is 69.0 Å². The molecule has 2 atom stereocenters. The summed E-state index contributed by atoms with van der Waals surface area (Å²) in [5, 5.41) is 15.8. The monoisotopic (exact) mass is 507 g/mol. The Balaban J connectivity index is 1.63. The van der Waals surface area contributed by atoms with Crippen molar-refractivity contribution in [3.05, 3.63) is 71.9 Å². The number of nitrogens with zero attached hydrogens (tertiary/aromatic N) is 3. The first-order valence-corrected chi connectivity index (χ1v) is 13.5. The summed E-state index contributed by atoms with van der Waals surface area (Å²) in [5.41, 5.74) is 2.96. The number of hydrogen-bond acceptors (Lipinski definition) is 6. The minimum Gasteiger partial charge on any atom is -0.439 e. The lowest BCUT2D eigenvalue weighted by atomic mass is 10.1. The van der Waals surface area contributed by atoms with Crippen LogP contribution in [0.5, 0.6) is 11.6 Å². The van der Waals surface area contributed by atoms with E-state index in [1.807, 2.05) is 65.3 Å². The summed E-state index contributed by atoms with van der Waals surface area (Å²) in [6, 6.07) is 19.9. The second kappa shape index (κ2) is 13.7. The van der Waals surface area contributed by atoms with Crippen molar-refractivity contribution in [2.75, 3.05) is 32.9 Å². The Morgan fingerprint density at radius 1 is 1.08 bits per heavy atom. The lowest BCUT2D eigenvalue weighted by molar-refractivity contribution is -0.00407. The van der Waals surface area contributed by atoms with Gasteiger partial charge in [0.25, 0.3) is 0 Å². The molecule has 0 unspecified atom stereocenters. The number of rotatable bonds is 14. The van der Waals surface area contributed by atoms with Crippen molar-refractivity contribution in [1.29, 1.82) is 0 Å². The second-order valence-electron chi connectivity index (χ2n) is 10.2. The van der Waals surface area contributed by atoms with Crippen LogP contribution < -0.4 is 4.74 Å². The maximum atomic E-state index is 10.8. The number of ether oxygens (including phenoxy) is 3. The molecule has 1 saturated heterocycles. The van der Waals surface area contributed by atoms with Crippen molar-refractivity contribution in [2.45, 2.75) is 58.8 Å². The van der Waals surface area contributed by atoms with E-state index in [0.29, 0.717) is 38.1 Å². The fourth-order valence-electron chi connectivity index (χ4n) is 4.66. The zero-order valence-electron chi connectivity index (χ0n) is 22.4. The Morgan fingerprint density at radius 3 is 2.46 bits per heavy atom. The minimum absolute atomic E-state index is 0.163. The number of para-hydroxylation sites is 2. The van der Waals surface area contributed by atoms with Crippen LogP contribution in [-0.2, 0) is 22.4 Å². The van der Waals surface area contributed by atoms with E-state index in [1.54, 1.807) is 0 Å². The largest absolute Gasteiger partial charge is 0.439 e. The van der Waals surface area contributed by atoms with Gasteiger partial charge in [0.15, 0.2) is 0 Å². The average molecular weight is 508 g/mol. The highest BCUT2D eigenvalue weighted by molar-refractivity contribution is 5.43. The van der Waals surface area contributed by atoms with Crippen LogP contribution in [0.1, 0.15) is 44.9 Å². The first-order chi connectivity index (χ1) is 18.0. The molecule has 1 aliphatic heterocycles. The summed E-state index contributed by atoms with van der Waals surface area (Å²) in [4.78, 5) is 2.27. The molecule has 0 radical (unpaired) electrons. The standard InChI is InChI=1S/C30H41N3O4/c1-4-29-28(20-32(19-27-16-11-17-36-27)18-25(34)22-35-21-23(2)3)30(37-26-14-9-6-10-15-26)33(31-29)24-12-7-5-8-13-24/h5-10,12-15,23,25,27,34H,4,11,16-22H2,1-3H3/t25-,27-/m0/s1. The lowest BCUT2D eigenvalue weighted by Crippen LogP contribution is -2.39. The van der Waals surface area contributed by atoms with Crippen molar-refractivity contribution < 1.29 is 19.3 Å². The van der Waals surface area contributed by atoms with E-state index < -0.39 is 6.10 Å². The van der Waals surface area contributed by atoms with E-state index in [4.69, 9.17) is 19.3 Å². The number of aliphatic hydroxyl groups is 1. The number of aliphatic hydroxyl groups excluding tert-OH is 1. The van der Waals surface area contributed by atoms with Crippen molar-refractivity contribution in [3.63, 3.8) is 0 Å². The second-order valence-corrected chi connectivity index (χ2v) is 10.2. The van der Waals surface area contributed by atoms with Gasteiger partial charge in [-0.2, -0.15) is 5.10 Å². The zero-order valence-corrected chi connectivity index (χ0v) is 22.4. The van der Waals surface area contributed by atoms with E-state index >= 15 is 0 Å². The van der Waals surface area contributed by atoms with Crippen LogP contribution in [0, 0.1) is 5.92 Å². The average Bonchev–Trinajstić information content (AvgIpc) is 3.53. The summed E-state index contributed by atoms with van der Waals surface area (Å²) in [6.07, 6.45) is 2.46. The molecule has 1 fully saturated rings. The SMILES string of the molecule is CCc1nn(-c2ccccc2)c(Oc2ccccc2)c1CN(C[C@H](O)COCC(C)C)C[C@@H]1CCCO1. The molecule has 3 aromatic rings. The van der Waals surface area contributed by atoms with Crippen molar-refractivity contribution in [3.8, 4) is 17.3 Å². The molecule has 0 bridgehead atoms. The number of hydrogen-bond donors (Lipinski definition) is 1. The van der Waals surface area contributed by atoms with E-state index in [1.165, 1.54) is 0 Å². The van der Waals surface area contributed by atoms with Gasteiger partial charge in [0.1, 0.15) is 5.75 Å². The number of aromatic nitrogens is 2. The normalized spacial score (nSPS) is 16.5. The molecule has 0 saturated carbocycles. The quantitative estimate of drug-likeness (QED) is 0.322. The first-order valence-electron chi connectivity index (χ1n) is 13.5. The van der Waals surface area contributed by atoms with Gasteiger partial charge >= 0.3 is 0 Å². The summed E-state index contributed by atoms with van der Waals surface area (Å²) in [6.45, 7) is 9.92. The van der Waals surface area contributed by atoms with Crippen molar-refractivity contribution >= 4 is 0 Å². The van der Waals surface area contributed by atoms with Gasteiger partial charge in [0.05, 0.1) is 35.8 Å². The summed E-state index contributed by atoms with van der Waals surface area (Å²) in [7, 11) is 0. The number of benzene rings is 2. The van der Waals surface area contributed by atoms with Gasteiger partial charge in [-0.15, -0.1) is 0 Å². The van der Waals surface area contributed by atoms with Crippen LogP contribution in [0.2, 0.25) is 0 Å². The maximum Gasteiger partial charge on any atom is 0.227 e. The third-order valence-corrected chi connectivity index (χ3v) is 6.41. The Morgan fingerprint density at radius 2 is 1.81 bits per heavy atom. The van der Waals surface area contributed by atoms with Crippen LogP contribution in [0.25, 0.3) is 5.69 Å². The Bertz CT molecular complexity index is 1070. The first kappa shape index (κ1) is 27.3. The fourth-order valence-corrected chi connectivity index (χ4v) is 4.66. The van der Waals surface area contributed by atoms with Crippen LogP contribution in [0.15, 0.2) is 60.7 Å². The molecule has 37 heavy (non-hydrogen) atoms. The third kappa shape index (κ3) is 7.89. The predicted octanol–water partition coefficient (Wildman–Crippen LogP) is 5.24. The molecular weight excluding hydrogens is 466 g/mol. The van der Waals surface area contributed by atoms with Crippen LogP contribution >= 0.6 is 0 Å². The molecule has 4 rings (SSSR count). The lowest BCUT2D eigenvalue weighted by Gasteiger charge is -2.28. The molecule has 0 aliphatic carbocycles. The van der Waals surface area contributed by atoms with Gasteiger partial charge in [-0.1, -0.05) is 57.2 Å². The van der Waals surface area contributed by atoms with Crippen LogP contribution in [-0.4, -0.2) is 64.9 Å². The van der Waals surface area contributed by atoms with E-state index in [0.717, 1.165) is 55.1 Å². The fraction of sp³-hybridized carbons (Fsp3) is 0.500. The Kier molecular flexibility index (Phi) is 10.1. The molecule has 7 heteroatoms. The van der Waals surface area contributed by atoms with Gasteiger partial charge in [-0.05, 0) is 49.4 Å². The molecule has 0 amide bonds. The zero-order chi connectivity index (χ0) is 26.0. The van der Waals surface area contributed by atoms with E-state index in [9.17, 15) is 5.11 Å². The van der Waals surface area contributed by atoms with Crippen LogP contribution in [0.4, 0.5) is 0 Å². The van der Waals surface area contributed by atoms with Crippen molar-refractivity contribution in [1.82, 2.24) is 14.7 Å². The van der Waals surface area contributed by atoms with Gasteiger partial charge < -0.3 is 19.3 Å². The summed E-state index contributed by atoms with van der Waals surface area (Å²) < 4.78 is 20.1. The predicted molar refractivity (Wildman–Crippen MR) is 145 cm³/mol.